The average molecular weight is 310 g/mol. The van der Waals surface area contributed by atoms with Crippen LogP contribution in [0.1, 0.15) is 40.0 Å². The highest BCUT2D eigenvalue weighted by Crippen LogP contribution is 2.11. The van der Waals surface area contributed by atoms with Crippen molar-refractivity contribution < 1.29 is 9.53 Å². The van der Waals surface area contributed by atoms with Crippen LogP contribution in [0.25, 0.3) is 0 Å². The molecule has 1 amide bonds. The van der Waals surface area contributed by atoms with Gasteiger partial charge in [0, 0.05) is 19.6 Å². The summed E-state index contributed by atoms with van der Waals surface area (Å²) in [7, 11) is 0. The first kappa shape index (κ1) is 17.1. The molecule has 22 heavy (non-hydrogen) atoms. The second kappa shape index (κ2) is 7.81. The van der Waals surface area contributed by atoms with Crippen molar-refractivity contribution in [1.82, 2.24) is 15.1 Å². The molecule has 0 atom stereocenters. The SMILES string of the molecule is CC(C)(C)OC(=O)N1CCN=C(NCCN2CCCCC2)C1. The molecule has 2 rings (SSSR count). The smallest absolute Gasteiger partial charge is 0.410 e. The van der Waals surface area contributed by atoms with Crippen molar-refractivity contribution in [2.45, 2.75) is 45.6 Å². The Morgan fingerprint density at radius 2 is 1.95 bits per heavy atom. The molecule has 0 unspecified atom stereocenters. The van der Waals surface area contributed by atoms with E-state index in [1.807, 2.05) is 20.8 Å². The third-order valence-corrected chi connectivity index (χ3v) is 3.87. The Kier molecular flexibility index (Phi) is 6.06. The molecule has 1 saturated heterocycles. The van der Waals surface area contributed by atoms with Gasteiger partial charge in [-0.3, -0.25) is 9.89 Å². The number of hydrogen-bond donors (Lipinski definition) is 1. The number of amides is 1. The zero-order chi connectivity index (χ0) is 16.0. The summed E-state index contributed by atoms with van der Waals surface area (Å²) in [5.74, 6) is 0.897. The number of aliphatic imine (C=N–C) groups is 1. The number of piperidine rings is 1. The van der Waals surface area contributed by atoms with Crippen LogP contribution in [0.5, 0.6) is 0 Å². The summed E-state index contributed by atoms with van der Waals surface area (Å²) in [6, 6.07) is 0. The molecule has 0 spiro atoms. The van der Waals surface area contributed by atoms with Crippen molar-refractivity contribution in [3.8, 4) is 0 Å². The fourth-order valence-corrected chi connectivity index (χ4v) is 2.75. The predicted octanol–water partition coefficient (Wildman–Crippen LogP) is 1.71. The topological polar surface area (TPSA) is 57.2 Å². The summed E-state index contributed by atoms with van der Waals surface area (Å²) in [6.07, 6.45) is 3.74. The van der Waals surface area contributed by atoms with Crippen molar-refractivity contribution in [2.75, 3.05) is 45.8 Å². The largest absolute Gasteiger partial charge is 0.444 e. The molecule has 0 saturated carbocycles. The molecule has 6 nitrogen and oxygen atoms in total. The highest BCUT2D eigenvalue weighted by Gasteiger charge is 2.24. The monoisotopic (exact) mass is 310 g/mol. The summed E-state index contributed by atoms with van der Waals surface area (Å²) in [6.45, 7) is 11.8. The molecule has 6 heteroatoms. The van der Waals surface area contributed by atoms with Crippen LogP contribution in [0.15, 0.2) is 4.99 Å². The van der Waals surface area contributed by atoms with Crippen LogP contribution in [0, 0.1) is 0 Å². The van der Waals surface area contributed by atoms with Crippen molar-refractivity contribution in [1.29, 1.82) is 0 Å². The maximum absolute atomic E-state index is 12.1. The lowest BCUT2D eigenvalue weighted by Gasteiger charge is -2.30. The Morgan fingerprint density at radius 1 is 1.23 bits per heavy atom. The fraction of sp³-hybridized carbons (Fsp3) is 0.875. The number of nitrogens with one attached hydrogen (secondary N) is 1. The number of likely N-dealkylation sites (tertiary alicyclic amines) is 1. The summed E-state index contributed by atoms with van der Waals surface area (Å²) in [5, 5.41) is 3.38. The van der Waals surface area contributed by atoms with Gasteiger partial charge in [0.2, 0.25) is 0 Å². The molecule has 0 aliphatic carbocycles. The van der Waals surface area contributed by atoms with Gasteiger partial charge in [0.1, 0.15) is 11.4 Å². The zero-order valence-corrected chi connectivity index (χ0v) is 14.2. The number of ether oxygens (including phenoxy) is 1. The van der Waals surface area contributed by atoms with Gasteiger partial charge in [-0.05, 0) is 46.7 Å². The van der Waals surface area contributed by atoms with Gasteiger partial charge in [-0.25, -0.2) is 4.79 Å². The third-order valence-electron chi connectivity index (χ3n) is 3.87. The van der Waals surface area contributed by atoms with Gasteiger partial charge in [-0.2, -0.15) is 0 Å². The van der Waals surface area contributed by atoms with Crippen LogP contribution in [-0.2, 0) is 4.74 Å². The first-order valence-electron chi connectivity index (χ1n) is 8.41. The number of nitrogens with zero attached hydrogens (tertiary/aromatic N) is 3. The molecule has 0 aromatic heterocycles. The molecule has 0 aromatic carbocycles. The molecule has 0 aromatic rings. The van der Waals surface area contributed by atoms with Gasteiger partial charge in [0.15, 0.2) is 0 Å². The van der Waals surface area contributed by atoms with Crippen LogP contribution < -0.4 is 5.32 Å². The van der Waals surface area contributed by atoms with Crippen molar-refractivity contribution in [3.63, 3.8) is 0 Å². The molecule has 1 N–H and O–H groups in total. The molecule has 126 valence electrons. The lowest BCUT2D eigenvalue weighted by Crippen LogP contribution is -2.48. The summed E-state index contributed by atoms with van der Waals surface area (Å²) in [4.78, 5) is 20.8. The van der Waals surface area contributed by atoms with E-state index in [1.165, 1.54) is 32.4 Å². The minimum atomic E-state index is -0.451. The third kappa shape index (κ3) is 5.83. The second-order valence-electron chi connectivity index (χ2n) is 7.06. The van der Waals surface area contributed by atoms with Crippen molar-refractivity contribution in [2.24, 2.45) is 4.99 Å². The maximum atomic E-state index is 12.1. The highest BCUT2D eigenvalue weighted by atomic mass is 16.6. The zero-order valence-electron chi connectivity index (χ0n) is 14.2. The van der Waals surface area contributed by atoms with E-state index in [1.54, 1.807) is 4.90 Å². The van der Waals surface area contributed by atoms with Crippen LogP contribution in [0.4, 0.5) is 4.79 Å². The summed E-state index contributed by atoms with van der Waals surface area (Å²) >= 11 is 0. The van der Waals surface area contributed by atoms with Gasteiger partial charge in [-0.1, -0.05) is 6.42 Å². The lowest BCUT2D eigenvalue weighted by molar-refractivity contribution is 0.0276. The van der Waals surface area contributed by atoms with E-state index in [4.69, 9.17) is 4.74 Å². The minimum Gasteiger partial charge on any atom is -0.444 e. The van der Waals surface area contributed by atoms with Crippen molar-refractivity contribution >= 4 is 11.9 Å². The predicted molar refractivity (Wildman–Crippen MR) is 88.4 cm³/mol. The molecule has 0 radical (unpaired) electrons. The van der Waals surface area contributed by atoms with Crippen LogP contribution in [-0.4, -0.2) is 73.1 Å². The molecule has 2 aliphatic heterocycles. The summed E-state index contributed by atoms with van der Waals surface area (Å²) < 4.78 is 5.42. The minimum absolute atomic E-state index is 0.252. The molecule has 2 heterocycles. The van der Waals surface area contributed by atoms with E-state index in [2.05, 4.69) is 15.2 Å². The van der Waals surface area contributed by atoms with E-state index in [0.717, 1.165) is 18.9 Å². The Bertz CT molecular complexity index is 397. The average Bonchev–Trinajstić information content (AvgIpc) is 2.47. The Labute approximate surface area is 133 Å². The summed E-state index contributed by atoms with van der Waals surface area (Å²) in [5.41, 5.74) is -0.451. The van der Waals surface area contributed by atoms with Gasteiger partial charge in [-0.15, -0.1) is 0 Å². The first-order valence-corrected chi connectivity index (χ1v) is 8.41. The van der Waals surface area contributed by atoms with E-state index >= 15 is 0 Å². The normalized spacial score (nSPS) is 20.5. The van der Waals surface area contributed by atoms with E-state index in [9.17, 15) is 4.79 Å². The Balaban J connectivity index is 1.71. The van der Waals surface area contributed by atoms with E-state index in [0.29, 0.717) is 19.6 Å². The van der Waals surface area contributed by atoms with E-state index in [-0.39, 0.29) is 6.09 Å². The standard InChI is InChI=1S/C16H30N4O2/c1-16(2,3)22-15(21)20-12-8-18-14(13-20)17-7-11-19-9-5-4-6-10-19/h4-13H2,1-3H3,(H,17,18). The van der Waals surface area contributed by atoms with E-state index < -0.39 is 5.60 Å². The van der Waals surface area contributed by atoms with Gasteiger partial charge in [0.05, 0.1) is 13.1 Å². The van der Waals surface area contributed by atoms with Crippen LogP contribution in [0.2, 0.25) is 0 Å². The van der Waals surface area contributed by atoms with Crippen molar-refractivity contribution in [3.05, 3.63) is 0 Å². The second-order valence-corrected chi connectivity index (χ2v) is 7.06. The lowest BCUT2D eigenvalue weighted by atomic mass is 10.1. The molecule has 0 bridgehead atoms. The number of rotatable bonds is 3. The molecule has 2 aliphatic rings. The maximum Gasteiger partial charge on any atom is 0.410 e. The highest BCUT2D eigenvalue weighted by molar-refractivity contribution is 5.87. The Hall–Kier alpha value is -1.30. The number of amidine groups is 1. The quantitative estimate of drug-likeness (QED) is 0.862. The molecular formula is C16H30N4O2. The van der Waals surface area contributed by atoms with Gasteiger partial charge >= 0.3 is 6.09 Å². The fourth-order valence-electron chi connectivity index (χ4n) is 2.75. The number of hydrogen-bond acceptors (Lipinski definition) is 5. The Morgan fingerprint density at radius 3 is 2.64 bits per heavy atom. The number of carbonyl (C=O) groups is 1. The molecular weight excluding hydrogens is 280 g/mol. The van der Waals surface area contributed by atoms with Crippen LogP contribution in [0.3, 0.4) is 0 Å². The molecule has 1 fully saturated rings. The van der Waals surface area contributed by atoms with Crippen LogP contribution >= 0.6 is 0 Å². The first-order chi connectivity index (χ1) is 10.4. The number of carbonyl (C=O) groups excluding carboxylic acids is 1. The van der Waals surface area contributed by atoms with Gasteiger partial charge < -0.3 is 15.0 Å². The van der Waals surface area contributed by atoms with Gasteiger partial charge in [0.25, 0.3) is 0 Å².